The number of H-pyrrole nitrogens is 1. The van der Waals surface area contributed by atoms with Gasteiger partial charge >= 0.3 is 0 Å². The van der Waals surface area contributed by atoms with Crippen molar-refractivity contribution in [2.75, 3.05) is 43.9 Å². The molecular weight excluding hydrogens is 582 g/mol. The van der Waals surface area contributed by atoms with Gasteiger partial charge in [-0.15, -0.1) is 0 Å². The van der Waals surface area contributed by atoms with Gasteiger partial charge in [0.15, 0.2) is 0 Å². The van der Waals surface area contributed by atoms with Crippen LogP contribution >= 0.6 is 11.6 Å². The molecule has 2 fully saturated rings. The Balaban J connectivity index is 1.12. The second kappa shape index (κ2) is 13.4. The van der Waals surface area contributed by atoms with E-state index >= 15 is 0 Å². The first-order valence-corrected chi connectivity index (χ1v) is 17.3. The number of hydrogen-bond donors (Lipinski definition) is 2. The number of nitrogens with one attached hydrogen (secondary N) is 2. The number of piperidine rings is 1. The fourth-order valence-corrected chi connectivity index (χ4v) is 7.46. The summed E-state index contributed by atoms with van der Waals surface area (Å²) < 4.78 is 25.7. The van der Waals surface area contributed by atoms with Crippen molar-refractivity contribution in [3.05, 3.63) is 65.1 Å². The van der Waals surface area contributed by atoms with Crippen LogP contribution in [0.2, 0.25) is 5.02 Å². The maximum atomic E-state index is 11.6. The van der Waals surface area contributed by atoms with Crippen LogP contribution in [0.1, 0.15) is 51.2 Å². The van der Waals surface area contributed by atoms with E-state index in [2.05, 4.69) is 60.3 Å². The van der Waals surface area contributed by atoms with Gasteiger partial charge in [0, 0.05) is 68.0 Å². The van der Waals surface area contributed by atoms with E-state index in [9.17, 15) is 8.42 Å². The van der Waals surface area contributed by atoms with E-state index in [-0.39, 0.29) is 0 Å². The number of anilines is 1. The molecule has 1 atom stereocenters. The van der Waals surface area contributed by atoms with Gasteiger partial charge in [-0.2, -0.15) is 4.72 Å². The number of imidazole rings is 1. The van der Waals surface area contributed by atoms with Gasteiger partial charge < -0.3 is 9.88 Å². The smallest absolute Gasteiger partial charge is 0.209 e. The molecule has 230 valence electrons. The Bertz CT molecular complexity index is 1540. The number of hydrogen-bond acceptors (Lipinski definition) is 7. The molecule has 2 aromatic heterocycles. The third-order valence-electron chi connectivity index (χ3n) is 8.24. The number of aromatic nitrogens is 3. The highest BCUT2D eigenvalue weighted by molar-refractivity contribution is 7.88. The van der Waals surface area contributed by atoms with Crippen molar-refractivity contribution in [3.8, 4) is 23.2 Å². The first-order chi connectivity index (χ1) is 20.5. The fraction of sp³-hybridized carbons (Fsp3) is 0.500. The zero-order chi connectivity index (χ0) is 30.6. The summed E-state index contributed by atoms with van der Waals surface area (Å²) in [7, 11) is -3.32. The van der Waals surface area contributed by atoms with Crippen molar-refractivity contribution in [3.63, 3.8) is 0 Å². The Morgan fingerprint density at radius 1 is 1.12 bits per heavy atom. The molecular formula is C32H42ClN7O2S. The number of aromatic amines is 1. The number of rotatable bonds is 8. The second-order valence-electron chi connectivity index (χ2n) is 12.2. The van der Waals surface area contributed by atoms with Crippen LogP contribution in [0.5, 0.6) is 0 Å². The first-order valence-electron chi connectivity index (χ1n) is 15.0. The van der Waals surface area contributed by atoms with Crippen molar-refractivity contribution >= 4 is 27.4 Å². The molecule has 5 rings (SSSR count). The monoisotopic (exact) mass is 623 g/mol. The van der Waals surface area contributed by atoms with E-state index in [4.69, 9.17) is 16.6 Å². The van der Waals surface area contributed by atoms with Gasteiger partial charge in [0.2, 0.25) is 10.0 Å². The van der Waals surface area contributed by atoms with Crippen molar-refractivity contribution in [2.24, 2.45) is 0 Å². The Kier molecular flexibility index (Phi) is 9.79. The van der Waals surface area contributed by atoms with Crippen LogP contribution in [0.15, 0.2) is 48.9 Å². The number of likely N-dealkylation sites (tertiary alicyclic amines) is 1. The van der Waals surface area contributed by atoms with E-state index < -0.39 is 15.6 Å². The molecule has 1 aromatic carbocycles. The van der Waals surface area contributed by atoms with Gasteiger partial charge in [0.1, 0.15) is 11.6 Å². The zero-order valence-electron chi connectivity index (χ0n) is 25.5. The van der Waals surface area contributed by atoms with E-state index in [0.29, 0.717) is 17.1 Å². The third kappa shape index (κ3) is 8.37. The lowest BCUT2D eigenvalue weighted by Crippen LogP contribution is -2.58. The van der Waals surface area contributed by atoms with Crippen molar-refractivity contribution in [1.82, 2.24) is 29.5 Å². The molecule has 2 saturated heterocycles. The van der Waals surface area contributed by atoms with E-state index in [1.165, 1.54) is 18.4 Å². The van der Waals surface area contributed by atoms with E-state index in [1.54, 1.807) is 26.2 Å². The summed E-state index contributed by atoms with van der Waals surface area (Å²) in [5.74, 6) is 7.76. The SMILES string of the molecule is CC[C@H]1CN(c2ncc(-c3ncc[nH]3)cc2Cl)CCN1C1CCN(Cc2ccc(C#CC(C)(C)NS(C)(=O)=O)cc2)CC1. The predicted octanol–water partition coefficient (Wildman–Crippen LogP) is 4.37. The van der Waals surface area contributed by atoms with Gasteiger partial charge in [-0.1, -0.05) is 42.5 Å². The molecule has 2 aliphatic heterocycles. The molecule has 0 radical (unpaired) electrons. The molecule has 0 aliphatic carbocycles. The average Bonchev–Trinajstić information content (AvgIpc) is 3.51. The largest absolute Gasteiger partial charge is 0.353 e. The molecule has 0 spiro atoms. The maximum Gasteiger partial charge on any atom is 0.209 e. The van der Waals surface area contributed by atoms with Gasteiger partial charge in [-0.25, -0.2) is 18.4 Å². The lowest BCUT2D eigenvalue weighted by atomic mass is 9.97. The summed E-state index contributed by atoms with van der Waals surface area (Å²) in [6.07, 6.45) is 9.95. The molecule has 3 aromatic rings. The number of halogens is 1. The lowest BCUT2D eigenvalue weighted by Gasteiger charge is -2.47. The quantitative estimate of drug-likeness (QED) is 0.360. The number of pyridine rings is 1. The summed E-state index contributed by atoms with van der Waals surface area (Å²) in [6, 6.07) is 11.3. The molecule has 2 N–H and O–H groups in total. The summed E-state index contributed by atoms with van der Waals surface area (Å²) in [6.45, 7) is 11.7. The summed E-state index contributed by atoms with van der Waals surface area (Å²) in [4.78, 5) is 19.8. The molecule has 9 nitrogen and oxygen atoms in total. The van der Waals surface area contributed by atoms with Crippen molar-refractivity contribution in [2.45, 2.75) is 64.2 Å². The lowest BCUT2D eigenvalue weighted by molar-refractivity contribution is 0.0610. The predicted molar refractivity (Wildman–Crippen MR) is 174 cm³/mol. The molecule has 0 saturated carbocycles. The van der Waals surface area contributed by atoms with Gasteiger partial charge in [-0.05, 0) is 70.0 Å². The van der Waals surface area contributed by atoms with E-state index in [1.807, 2.05) is 24.4 Å². The first kappa shape index (κ1) is 31.5. The highest BCUT2D eigenvalue weighted by Crippen LogP contribution is 2.31. The maximum absolute atomic E-state index is 11.6. The second-order valence-corrected chi connectivity index (χ2v) is 14.3. The van der Waals surface area contributed by atoms with Crippen LogP contribution < -0.4 is 9.62 Å². The Morgan fingerprint density at radius 3 is 2.49 bits per heavy atom. The highest BCUT2D eigenvalue weighted by Gasteiger charge is 2.34. The number of nitrogens with zero attached hydrogens (tertiary/aromatic N) is 5. The number of piperazine rings is 1. The van der Waals surface area contributed by atoms with Gasteiger partial charge in [-0.3, -0.25) is 9.80 Å². The summed E-state index contributed by atoms with van der Waals surface area (Å²) in [5.41, 5.74) is 2.21. The topological polar surface area (TPSA) is 97.5 Å². The highest BCUT2D eigenvalue weighted by atomic mass is 35.5. The Morgan fingerprint density at radius 2 is 1.86 bits per heavy atom. The van der Waals surface area contributed by atoms with Crippen LogP contribution in [0, 0.1) is 11.8 Å². The summed E-state index contributed by atoms with van der Waals surface area (Å²) in [5, 5.41) is 0.665. The van der Waals surface area contributed by atoms with Crippen LogP contribution in [0.3, 0.4) is 0 Å². The molecule has 0 bridgehead atoms. The molecule has 11 heteroatoms. The van der Waals surface area contributed by atoms with E-state index in [0.717, 1.165) is 74.7 Å². The standard InChI is InChI=1S/C32H42ClN7O2S/c1-5-27-23-39(31-29(33)20-26(21-36-31)30-34-14-15-35-30)18-19-40(27)28-11-16-38(17-12-28)22-25-8-6-24(7-9-25)10-13-32(2,3)37-43(4,41)42/h6-9,14-15,20-21,27-28,37H,5,11-12,16-19,22-23H2,1-4H3,(H,34,35)/t27-/m0/s1. The minimum atomic E-state index is -3.32. The Hall–Kier alpha value is -2.94. The van der Waals surface area contributed by atoms with Crippen LogP contribution in [0.25, 0.3) is 11.4 Å². The third-order valence-corrected chi connectivity index (χ3v) is 9.40. The molecule has 4 heterocycles. The van der Waals surface area contributed by atoms with Gasteiger partial charge in [0.05, 0.1) is 16.8 Å². The molecule has 0 unspecified atom stereocenters. The van der Waals surface area contributed by atoms with Crippen LogP contribution in [0.4, 0.5) is 5.82 Å². The fourth-order valence-electron chi connectivity index (χ4n) is 6.20. The van der Waals surface area contributed by atoms with Crippen LogP contribution in [-0.4, -0.2) is 89.8 Å². The summed E-state index contributed by atoms with van der Waals surface area (Å²) >= 11 is 6.71. The zero-order valence-corrected chi connectivity index (χ0v) is 27.0. The molecule has 2 aliphatic rings. The average molecular weight is 624 g/mol. The normalized spacial score (nSPS) is 19.3. The minimum absolute atomic E-state index is 0.471. The Labute approximate surface area is 261 Å². The van der Waals surface area contributed by atoms with Crippen molar-refractivity contribution < 1.29 is 8.42 Å². The number of sulfonamides is 1. The minimum Gasteiger partial charge on any atom is -0.353 e. The molecule has 43 heavy (non-hydrogen) atoms. The molecule has 0 amide bonds. The van der Waals surface area contributed by atoms with Crippen LogP contribution in [-0.2, 0) is 16.6 Å². The van der Waals surface area contributed by atoms with Gasteiger partial charge in [0.25, 0.3) is 0 Å². The van der Waals surface area contributed by atoms with Crippen molar-refractivity contribution in [1.29, 1.82) is 0 Å². The number of benzene rings is 1.